The molecule has 0 saturated carbocycles. The molecule has 0 bridgehead atoms. The molecule has 0 N–H and O–H groups in total. The van der Waals surface area contributed by atoms with Gasteiger partial charge in [-0.25, -0.2) is 0 Å². The molecule has 2 rings (SSSR count). The van der Waals surface area contributed by atoms with E-state index in [1.54, 1.807) is 0 Å². The first-order valence-corrected chi connectivity index (χ1v) is 7.09. The van der Waals surface area contributed by atoms with Gasteiger partial charge in [-0.1, -0.05) is 30.3 Å². The molecule has 17 heavy (non-hydrogen) atoms. The van der Waals surface area contributed by atoms with Crippen molar-refractivity contribution >= 4 is 31.2 Å². The number of hydrogen-bond donors (Lipinski definition) is 2. The molecular weight excluding hydrogens is 250 g/mol. The Hall–Kier alpha value is -0.610. The normalized spacial score (nSPS) is 24.4. The second-order valence-corrected chi connectivity index (χ2v) is 5.13. The van der Waals surface area contributed by atoms with Crippen LogP contribution >= 0.6 is 25.3 Å². The molecule has 0 spiro atoms. The van der Waals surface area contributed by atoms with E-state index in [4.69, 9.17) is 0 Å². The van der Waals surface area contributed by atoms with E-state index in [1.807, 2.05) is 23.1 Å². The Kier molecular flexibility index (Phi) is 4.40. The van der Waals surface area contributed by atoms with E-state index < -0.39 is 0 Å². The lowest BCUT2D eigenvalue weighted by molar-refractivity contribution is -0.131. The maximum Gasteiger partial charge on any atom is 0.227 e. The third-order valence-corrected chi connectivity index (χ3v) is 4.12. The van der Waals surface area contributed by atoms with Crippen LogP contribution in [0.1, 0.15) is 12.0 Å². The van der Waals surface area contributed by atoms with Gasteiger partial charge in [0.15, 0.2) is 0 Å². The molecular formula is C13H17NOS2. The number of amides is 1. The van der Waals surface area contributed by atoms with E-state index in [0.717, 1.165) is 12.2 Å². The second kappa shape index (κ2) is 5.83. The zero-order valence-corrected chi connectivity index (χ0v) is 11.4. The summed E-state index contributed by atoms with van der Waals surface area (Å²) in [6.07, 6.45) is 0.888. The lowest BCUT2D eigenvalue weighted by Gasteiger charge is -2.23. The second-order valence-electron chi connectivity index (χ2n) is 4.40. The number of carbonyl (C=O) groups is 1. The predicted molar refractivity (Wildman–Crippen MR) is 76.6 cm³/mol. The highest BCUT2D eigenvalue weighted by Crippen LogP contribution is 2.28. The molecule has 2 unspecified atom stereocenters. The Bertz CT molecular complexity index is 382. The fourth-order valence-corrected chi connectivity index (χ4v) is 2.94. The van der Waals surface area contributed by atoms with Crippen LogP contribution in [0.5, 0.6) is 0 Å². The number of thiol groups is 2. The molecule has 1 amide bonds. The van der Waals surface area contributed by atoms with Crippen molar-refractivity contribution < 1.29 is 4.79 Å². The third-order valence-electron chi connectivity index (χ3n) is 3.26. The van der Waals surface area contributed by atoms with Crippen LogP contribution in [0.3, 0.4) is 0 Å². The summed E-state index contributed by atoms with van der Waals surface area (Å²) in [6.45, 7) is 0.690. The van der Waals surface area contributed by atoms with Crippen molar-refractivity contribution in [2.45, 2.75) is 19.0 Å². The number of likely N-dealkylation sites (tertiary alicyclic amines) is 1. The summed E-state index contributed by atoms with van der Waals surface area (Å²) in [6, 6.07) is 10.3. The van der Waals surface area contributed by atoms with Crippen molar-refractivity contribution in [3.63, 3.8) is 0 Å². The van der Waals surface area contributed by atoms with Crippen LogP contribution in [0.15, 0.2) is 30.3 Å². The van der Waals surface area contributed by atoms with Crippen LogP contribution in [0, 0.1) is 5.92 Å². The van der Waals surface area contributed by atoms with Gasteiger partial charge >= 0.3 is 0 Å². The Labute approximate surface area is 113 Å². The Morgan fingerprint density at radius 3 is 2.47 bits per heavy atom. The van der Waals surface area contributed by atoms with Gasteiger partial charge in [0.1, 0.15) is 0 Å². The monoisotopic (exact) mass is 267 g/mol. The highest BCUT2D eigenvalue weighted by Gasteiger charge is 2.37. The first-order valence-electron chi connectivity index (χ1n) is 5.82. The van der Waals surface area contributed by atoms with Gasteiger partial charge in [-0.05, 0) is 12.0 Å². The summed E-state index contributed by atoms with van der Waals surface area (Å²) in [5, 5.41) is 0. The highest BCUT2D eigenvalue weighted by atomic mass is 32.1. The average Bonchev–Trinajstić information content (AvgIpc) is 2.68. The summed E-state index contributed by atoms with van der Waals surface area (Å²) in [5.74, 6) is 1.65. The topological polar surface area (TPSA) is 20.3 Å². The van der Waals surface area contributed by atoms with Gasteiger partial charge in [0.05, 0.1) is 0 Å². The predicted octanol–water partition coefficient (Wildman–Crippen LogP) is 2.26. The molecule has 92 valence electrons. The lowest BCUT2D eigenvalue weighted by Crippen LogP contribution is -2.34. The maximum absolute atomic E-state index is 12.2. The molecule has 2 nitrogen and oxygen atoms in total. The van der Waals surface area contributed by atoms with Gasteiger partial charge in [-0.15, -0.1) is 0 Å². The van der Waals surface area contributed by atoms with Crippen LogP contribution in [0.4, 0.5) is 0 Å². The van der Waals surface area contributed by atoms with Crippen molar-refractivity contribution in [3.05, 3.63) is 35.9 Å². The first kappa shape index (κ1) is 12.8. The fraction of sp³-hybridized carbons (Fsp3) is 0.462. The molecule has 1 aromatic carbocycles. The molecule has 1 aromatic rings. The minimum absolute atomic E-state index is 0.0687. The molecule has 1 saturated heterocycles. The highest BCUT2D eigenvalue weighted by molar-refractivity contribution is 7.80. The quantitative estimate of drug-likeness (QED) is 0.802. The standard InChI is InChI=1S/C13H17NOS2/c15-13-11(8-16)6-12(9-17)14(13)7-10-4-2-1-3-5-10/h1-5,11-12,16-17H,6-9H2. The van der Waals surface area contributed by atoms with Gasteiger partial charge in [0, 0.05) is 30.0 Å². The number of rotatable bonds is 4. The first-order chi connectivity index (χ1) is 8.26. The van der Waals surface area contributed by atoms with Crippen LogP contribution in [-0.4, -0.2) is 28.4 Å². The van der Waals surface area contributed by atoms with Gasteiger partial charge < -0.3 is 4.90 Å². The summed E-state index contributed by atoms with van der Waals surface area (Å²) in [7, 11) is 0. The van der Waals surface area contributed by atoms with E-state index >= 15 is 0 Å². The van der Waals surface area contributed by atoms with Gasteiger partial charge in [-0.3, -0.25) is 4.79 Å². The van der Waals surface area contributed by atoms with Crippen LogP contribution in [0.25, 0.3) is 0 Å². The van der Waals surface area contributed by atoms with Crippen molar-refractivity contribution in [2.75, 3.05) is 11.5 Å². The minimum atomic E-state index is 0.0687. The van der Waals surface area contributed by atoms with Gasteiger partial charge in [0.25, 0.3) is 0 Å². The van der Waals surface area contributed by atoms with E-state index in [0.29, 0.717) is 12.3 Å². The summed E-state index contributed by atoms with van der Waals surface area (Å²) < 4.78 is 0. The lowest BCUT2D eigenvalue weighted by atomic mass is 10.1. The molecule has 1 aliphatic heterocycles. The van der Waals surface area contributed by atoms with E-state index in [1.165, 1.54) is 5.56 Å². The summed E-state index contributed by atoms with van der Waals surface area (Å²) >= 11 is 8.59. The van der Waals surface area contributed by atoms with E-state index in [-0.39, 0.29) is 17.9 Å². The molecule has 1 aliphatic rings. The molecule has 0 aromatic heterocycles. The van der Waals surface area contributed by atoms with Crippen LogP contribution < -0.4 is 0 Å². The Morgan fingerprint density at radius 2 is 1.88 bits per heavy atom. The SMILES string of the molecule is O=C1C(CS)CC(CS)N1Cc1ccccc1. The summed E-state index contributed by atoms with van der Waals surface area (Å²) in [4.78, 5) is 14.1. The van der Waals surface area contributed by atoms with Crippen molar-refractivity contribution in [1.82, 2.24) is 4.90 Å². The number of hydrogen-bond acceptors (Lipinski definition) is 3. The molecule has 2 atom stereocenters. The number of carbonyl (C=O) groups excluding carboxylic acids is 1. The largest absolute Gasteiger partial charge is 0.334 e. The molecule has 0 aliphatic carbocycles. The van der Waals surface area contributed by atoms with E-state index in [2.05, 4.69) is 37.4 Å². The number of benzene rings is 1. The Morgan fingerprint density at radius 1 is 1.18 bits per heavy atom. The number of nitrogens with zero attached hydrogens (tertiary/aromatic N) is 1. The Balaban J connectivity index is 2.11. The van der Waals surface area contributed by atoms with Crippen LogP contribution in [-0.2, 0) is 11.3 Å². The molecule has 0 radical (unpaired) electrons. The van der Waals surface area contributed by atoms with Gasteiger partial charge in [0.2, 0.25) is 5.91 Å². The van der Waals surface area contributed by atoms with Gasteiger partial charge in [-0.2, -0.15) is 25.3 Å². The van der Waals surface area contributed by atoms with E-state index in [9.17, 15) is 4.79 Å². The smallest absolute Gasteiger partial charge is 0.227 e. The minimum Gasteiger partial charge on any atom is -0.334 e. The van der Waals surface area contributed by atoms with Crippen molar-refractivity contribution in [2.24, 2.45) is 5.92 Å². The van der Waals surface area contributed by atoms with Crippen molar-refractivity contribution in [3.8, 4) is 0 Å². The zero-order chi connectivity index (χ0) is 12.3. The van der Waals surface area contributed by atoms with Crippen LogP contribution in [0.2, 0.25) is 0 Å². The molecule has 1 fully saturated rings. The fourth-order valence-electron chi connectivity index (χ4n) is 2.28. The molecule has 4 heteroatoms. The maximum atomic E-state index is 12.2. The molecule has 1 heterocycles. The zero-order valence-electron chi connectivity index (χ0n) is 9.62. The average molecular weight is 267 g/mol. The summed E-state index contributed by atoms with van der Waals surface area (Å²) in [5.41, 5.74) is 1.17. The van der Waals surface area contributed by atoms with Crippen molar-refractivity contribution in [1.29, 1.82) is 0 Å². The third kappa shape index (κ3) is 2.80.